The van der Waals surface area contributed by atoms with Crippen molar-refractivity contribution in [3.05, 3.63) is 42.6 Å². The summed E-state index contributed by atoms with van der Waals surface area (Å²) in [5.74, 6) is 0.521. The van der Waals surface area contributed by atoms with Gasteiger partial charge in [0.25, 0.3) is 0 Å². The molecular weight excluding hydrogens is 312 g/mol. The molecule has 1 aromatic heterocycles. The predicted molar refractivity (Wildman–Crippen MR) is 103 cm³/mol. The van der Waals surface area contributed by atoms with Gasteiger partial charge in [0.2, 0.25) is 5.91 Å². The lowest BCUT2D eigenvalue weighted by atomic mass is 9.96. The summed E-state index contributed by atoms with van der Waals surface area (Å²) >= 11 is 0. The topological polar surface area (TPSA) is 57.3 Å². The van der Waals surface area contributed by atoms with Crippen LogP contribution in [0.4, 0.5) is 22.9 Å². The van der Waals surface area contributed by atoms with Crippen molar-refractivity contribution in [1.82, 2.24) is 4.98 Å². The normalized spacial score (nSPS) is 14.4. The number of hydrogen-bond acceptors (Lipinski definition) is 4. The van der Waals surface area contributed by atoms with Crippen molar-refractivity contribution in [2.45, 2.75) is 33.6 Å². The number of carbonyl (C=O) groups is 1. The third-order valence-corrected chi connectivity index (χ3v) is 4.31. The molecule has 0 atom stereocenters. The van der Waals surface area contributed by atoms with E-state index in [2.05, 4.69) is 44.8 Å². The molecule has 25 heavy (non-hydrogen) atoms. The smallest absolute Gasteiger partial charge is 0.230 e. The minimum Gasteiger partial charge on any atom is -0.372 e. The fourth-order valence-corrected chi connectivity index (χ4v) is 2.74. The first-order chi connectivity index (χ1) is 11.9. The summed E-state index contributed by atoms with van der Waals surface area (Å²) in [6.07, 6.45) is 4.29. The van der Waals surface area contributed by atoms with E-state index < -0.39 is 5.41 Å². The van der Waals surface area contributed by atoms with E-state index in [0.717, 1.165) is 24.5 Å². The SMILES string of the molecule is CC(C)(C)C(=O)Nc1ccc(Nc2ccc(N3CCCC3)cc2)cn1. The molecule has 2 N–H and O–H groups in total. The monoisotopic (exact) mass is 338 g/mol. The van der Waals surface area contributed by atoms with Crippen molar-refractivity contribution in [3.63, 3.8) is 0 Å². The third kappa shape index (κ3) is 4.50. The largest absolute Gasteiger partial charge is 0.372 e. The summed E-state index contributed by atoms with van der Waals surface area (Å²) in [4.78, 5) is 18.7. The second-order valence-electron chi connectivity index (χ2n) is 7.50. The molecule has 0 radical (unpaired) electrons. The number of aromatic nitrogens is 1. The van der Waals surface area contributed by atoms with Crippen LogP contribution in [0.3, 0.4) is 0 Å². The second kappa shape index (κ2) is 7.13. The van der Waals surface area contributed by atoms with Gasteiger partial charge in [0.15, 0.2) is 0 Å². The van der Waals surface area contributed by atoms with E-state index in [9.17, 15) is 4.79 Å². The summed E-state index contributed by atoms with van der Waals surface area (Å²) < 4.78 is 0. The predicted octanol–water partition coefficient (Wildman–Crippen LogP) is 4.41. The van der Waals surface area contributed by atoms with Gasteiger partial charge in [-0.25, -0.2) is 4.98 Å². The molecule has 1 fully saturated rings. The van der Waals surface area contributed by atoms with Crippen LogP contribution in [0.15, 0.2) is 42.6 Å². The van der Waals surface area contributed by atoms with Crippen LogP contribution >= 0.6 is 0 Å². The van der Waals surface area contributed by atoms with E-state index in [4.69, 9.17) is 0 Å². The molecular formula is C20H26N4O. The highest BCUT2D eigenvalue weighted by Crippen LogP contribution is 2.24. The van der Waals surface area contributed by atoms with Crippen LogP contribution in [0.1, 0.15) is 33.6 Å². The average Bonchev–Trinajstić information content (AvgIpc) is 3.11. The van der Waals surface area contributed by atoms with Crippen molar-refractivity contribution < 1.29 is 4.79 Å². The van der Waals surface area contributed by atoms with Crippen molar-refractivity contribution in [3.8, 4) is 0 Å². The fourth-order valence-electron chi connectivity index (χ4n) is 2.74. The Morgan fingerprint density at radius 3 is 2.20 bits per heavy atom. The molecule has 5 nitrogen and oxygen atoms in total. The molecule has 0 bridgehead atoms. The number of benzene rings is 1. The molecule has 5 heteroatoms. The van der Waals surface area contributed by atoms with E-state index >= 15 is 0 Å². The van der Waals surface area contributed by atoms with Gasteiger partial charge in [0, 0.05) is 29.9 Å². The van der Waals surface area contributed by atoms with Crippen LogP contribution in [0.25, 0.3) is 0 Å². The van der Waals surface area contributed by atoms with Crippen LogP contribution in [0.5, 0.6) is 0 Å². The molecule has 1 aromatic carbocycles. The molecule has 1 aliphatic rings. The van der Waals surface area contributed by atoms with Crippen molar-refractivity contribution >= 4 is 28.8 Å². The van der Waals surface area contributed by atoms with E-state index in [1.807, 2.05) is 32.9 Å². The highest BCUT2D eigenvalue weighted by Gasteiger charge is 2.21. The van der Waals surface area contributed by atoms with E-state index in [0.29, 0.717) is 5.82 Å². The van der Waals surface area contributed by atoms with Crippen LogP contribution in [0.2, 0.25) is 0 Å². The number of amides is 1. The summed E-state index contributed by atoms with van der Waals surface area (Å²) in [5, 5.41) is 6.17. The molecule has 0 aliphatic carbocycles. The number of carbonyl (C=O) groups excluding carboxylic acids is 1. The average molecular weight is 338 g/mol. The van der Waals surface area contributed by atoms with Crippen LogP contribution in [0, 0.1) is 5.41 Å². The van der Waals surface area contributed by atoms with Crippen LogP contribution < -0.4 is 15.5 Å². The molecule has 0 spiro atoms. The minimum atomic E-state index is -0.435. The number of hydrogen-bond donors (Lipinski definition) is 2. The van der Waals surface area contributed by atoms with E-state index in [1.165, 1.54) is 18.5 Å². The van der Waals surface area contributed by atoms with Crippen molar-refractivity contribution in [2.24, 2.45) is 5.41 Å². The van der Waals surface area contributed by atoms with Gasteiger partial charge >= 0.3 is 0 Å². The molecule has 3 rings (SSSR count). The van der Waals surface area contributed by atoms with Gasteiger partial charge in [0.05, 0.1) is 11.9 Å². The number of pyridine rings is 1. The zero-order valence-electron chi connectivity index (χ0n) is 15.2. The molecule has 2 heterocycles. The Labute approximate surface area is 149 Å². The van der Waals surface area contributed by atoms with E-state index in [1.54, 1.807) is 6.20 Å². The zero-order valence-corrected chi connectivity index (χ0v) is 15.2. The highest BCUT2D eigenvalue weighted by atomic mass is 16.2. The van der Waals surface area contributed by atoms with Gasteiger partial charge < -0.3 is 15.5 Å². The van der Waals surface area contributed by atoms with Gasteiger partial charge in [-0.1, -0.05) is 20.8 Å². The lowest BCUT2D eigenvalue weighted by Gasteiger charge is -2.18. The number of anilines is 4. The molecule has 0 unspecified atom stereocenters. The first-order valence-corrected chi connectivity index (χ1v) is 8.81. The molecule has 0 saturated carbocycles. The van der Waals surface area contributed by atoms with Crippen molar-refractivity contribution in [2.75, 3.05) is 28.6 Å². The Morgan fingerprint density at radius 2 is 1.64 bits per heavy atom. The summed E-state index contributed by atoms with van der Waals surface area (Å²) in [5.41, 5.74) is 2.76. The molecule has 1 aliphatic heterocycles. The highest BCUT2D eigenvalue weighted by molar-refractivity contribution is 5.93. The Morgan fingerprint density at radius 1 is 1.00 bits per heavy atom. The maximum absolute atomic E-state index is 12.0. The molecule has 1 amide bonds. The summed E-state index contributed by atoms with van der Waals surface area (Å²) in [6, 6.07) is 12.2. The van der Waals surface area contributed by atoms with Gasteiger partial charge in [-0.05, 0) is 49.2 Å². The fraction of sp³-hybridized carbons (Fsp3) is 0.400. The number of rotatable bonds is 4. The van der Waals surface area contributed by atoms with Crippen LogP contribution in [-0.2, 0) is 4.79 Å². The third-order valence-electron chi connectivity index (χ3n) is 4.31. The molecule has 132 valence electrons. The molecule has 1 saturated heterocycles. The Bertz CT molecular complexity index is 711. The minimum absolute atomic E-state index is 0.0433. The van der Waals surface area contributed by atoms with Gasteiger partial charge in [-0.2, -0.15) is 0 Å². The lowest BCUT2D eigenvalue weighted by molar-refractivity contribution is -0.123. The number of nitrogens with one attached hydrogen (secondary N) is 2. The van der Waals surface area contributed by atoms with Crippen molar-refractivity contribution in [1.29, 1.82) is 0 Å². The van der Waals surface area contributed by atoms with Gasteiger partial charge in [-0.15, -0.1) is 0 Å². The van der Waals surface area contributed by atoms with Gasteiger partial charge in [0.1, 0.15) is 5.82 Å². The number of nitrogens with zero attached hydrogens (tertiary/aromatic N) is 2. The zero-order chi connectivity index (χ0) is 17.9. The van der Waals surface area contributed by atoms with Crippen LogP contribution in [-0.4, -0.2) is 24.0 Å². The molecule has 2 aromatic rings. The Balaban J connectivity index is 1.60. The quantitative estimate of drug-likeness (QED) is 0.867. The van der Waals surface area contributed by atoms with Gasteiger partial charge in [-0.3, -0.25) is 4.79 Å². The summed E-state index contributed by atoms with van der Waals surface area (Å²) in [6.45, 7) is 7.94. The summed E-state index contributed by atoms with van der Waals surface area (Å²) in [7, 11) is 0. The maximum Gasteiger partial charge on any atom is 0.230 e. The maximum atomic E-state index is 12.0. The standard InChI is InChI=1S/C20H26N4O/c1-20(2,3)19(25)23-18-11-8-16(14-21-18)22-15-6-9-17(10-7-15)24-12-4-5-13-24/h6-11,14,22H,4-5,12-13H2,1-3H3,(H,21,23,25). The lowest BCUT2D eigenvalue weighted by Crippen LogP contribution is -2.27. The Hall–Kier alpha value is -2.56. The van der Waals surface area contributed by atoms with E-state index in [-0.39, 0.29) is 5.91 Å². The first-order valence-electron chi connectivity index (χ1n) is 8.81. The Kier molecular flexibility index (Phi) is 4.93. The second-order valence-corrected chi connectivity index (χ2v) is 7.50. The first kappa shape index (κ1) is 17.3.